The number of nitrogens with one attached hydrogen (secondary N) is 1. The highest BCUT2D eigenvalue weighted by Gasteiger charge is 2.29. The number of aliphatic hydroxyl groups excluding tert-OH is 1. The molecule has 1 aliphatic heterocycles. The Hall–Kier alpha value is -1.30. The summed E-state index contributed by atoms with van der Waals surface area (Å²) < 4.78 is 0. The summed E-state index contributed by atoms with van der Waals surface area (Å²) in [5.74, 6) is -1.04. The van der Waals surface area contributed by atoms with E-state index in [4.69, 9.17) is 10.2 Å². The molecule has 0 bridgehead atoms. The summed E-state index contributed by atoms with van der Waals surface area (Å²) in [4.78, 5) is 24.1. The maximum atomic E-state index is 11.8. The lowest BCUT2D eigenvalue weighted by Crippen LogP contribution is -2.48. The summed E-state index contributed by atoms with van der Waals surface area (Å²) >= 11 is 0. The Morgan fingerprint density at radius 3 is 2.82 bits per heavy atom. The number of carboxylic acid groups (broad SMARTS) is 1. The van der Waals surface area contributed by atoms with Crippen molar-refractivity contribution >= 4 is 12.0 Å². The summed E-state index contributed by atoms with van der Waals surface area (Å²) in [6.45, 7) is 2.23. The number of urea groups is 1. The van der Waals surface area contributed by atoms with Gasteiger partial charge >= 0.3 is 12.0 Å². The Labute approximate surface area is 101 Å². The molecule has 1 rings (SSSR count). The molecule has 17 heavy (non-hydrogen) atoms. The summed E-state index contributed by atoms with van der Waals surface area (Å²) in [5, 5.41) is 19.9. The van der Waals surface area contributed by atoms with Gasteiger partial charge in [0.15, 0.2) is 0 Å². The highest BCUT2D eigenvalue weighted by atomic mass is 16.4. The Kier molecular flexibility index (Phi) is 5.21. The molecule has 3 N–H and O–H groups in total. The zero-order chi connectivity index (χ0) is 12.8. The van der Waals surface area contributed by atoms with Crippen LogP contribution in [-0.4, -0.2) is 52.3 Å². The molecule has 1 fully saturated rings. The molecule has 1 heterocycles. The van der Waals surface area contributed by atoms with Crippen LogP contribution in [0.4, 0.5) is 4.79 Å². The van der Waals surface area contributed by atoms with Gasteiger partial charge < -0.3 is 20.4 Å². The van der Waals surface area contributed by atoms with E-state index in [1.165, 1.54) is 6.92 Å². The van der Waals surface area contributed by atoms with Crippen molar-refractivity contribution in [3.05, 3.63) is 0 Å². The van der Waals surface area contributed by atoms with Crippen molar-refractivity contribution in [2.24, 2.45) is 0 Å². The molecule has 6 heteroatoms. The van der Waals surface area contributed by atoms with E-state index in [1.54, 1.807) is 4.90 Å². The standard InChI is InChI=1S/C11H20N2O4/c1-8(10(15)16)12-11(17)13-6-2-4-9(13)5-3-7-14/h8-9,14H,2-7H2,1H3,(H,12,17)(H,15,16)/t8-,9?/m0/s1. The van der Waals surface area contributed by atoms with Crippen molar-refractivity contribution in [1.29, 1.82) is 0 Å². The number of amides is 2. The number of hydrogen-bond donors (Lipinski definition) is 3. The van der Waals surface area contributed by atoms with E-state index in [9.17, 15) is 9.59 Å². The van der Waals surface area contributed by atoms with Gasteiger partial charge in [-0.2, -0.15) is 0 Å². The van der Waals surface area contributed by atoms with Crippen LogP contribution in [0.25, 0.3) is 0 Å². The predicted molar refractivity (Wildman–Crippen MR) is 61.7 cm³/mol. The van der Waals surface area contributed by atoms with Crippen molar-refractivity contribution in [2.75, 3.05) is 13.2 Å². The van der Waals surface area contributed by atoms with Gasteiger partial charge in [0, 0.05) is 19.2 Å². The lowest BCUT2D eigenvalue weighted by Gasteiger charge is -2.25. The van der Waals surface area contributed by atoms with E-state index in [0.717, 1.165) is 19.3 Å². The number of likely N-dealkylation sites (tertiary alicyclic amines) is 1. The summed E-state index contributed by atoms with van der Waals surface area (Å²) in [6, 6.07) is -1.06. The van der Waals surface area contributed by atoms with Gasteiger partial charge in [-0.3, -0.25) is 4.79 Å². The van der Waals surface area contributed by atoms with Gasteiger partial charge in [0.25, 0.3) is 0 Å². The Balaban J connectivity index is 2.46. The van der Waals surface area contributed by atoms with Crippen LogP contribution in [0.15, 0.2) is 0 Å². The summed E-state index contributed by atoms with van der Waals surface area (Å²) in [5.41, 5.74) is 0. The van der Waals surface area contributed by atoms with Crippen LogP contribution >= 0.6 is 0 Å². The van der Waals surface area contributed by atoms with Crippen molar-refractivity contribution in [3.8, 4) is 0 Å². The molecule has 0 aliphatic carbocycles. The first-order chi connectivity index (χ1) is 8.06. The van der Waals surface area contributed by atoms with Crippen molar-refractivity contribution < 1.29 is 19.8 Å². The smallest absolute Gasteiger partial charge is 0.325 e. The first-order valence-electron chi connectivity index (χ1n) is 5.97. The van der Waals surface area contributed by atoms with Crippen LogP contribution in [0, 0.1) is 0 Å². The molecule has 1 aliphatic rings. The fourth-order valence-corrected chi connectivity index (χ4v) is 2.06. The predicted octanol–water partition coefficient (Wildman–Crippen LogP) is 0.406. The molecule has 0 aromatic carbocycles. The quantitative estimate of drug-likeness (QED) is 0.653. The van der Waals surface area contributed by atoms with Gasteiger partial charge in [-0.15, -0.1) is 0 Å². The van der Waals surface area contributed by atoms with E-state index < -0.39 is 12.0 Å². The van der Waals surface area contributed by atoms with Crippen LogP contribution < -0.4 is 5.32 Å². The van der Waals surface area contributed by atoms with Gasteiger partial charge in [0.2, 0.25) is 0 Å². The second kappa shape index (κ2) is 6.44. The van der Waals surface area contributed by atoms with Gasteiger partial charge in [0.1, 0.15) is 6.04 Å². The number of hydrogen-bond acceptors (Lipinski definition) is 3. The number of carboxylic acids is 1. The van der Waals surface area contributed by atoms with Gasteiger partial charge in [-0.1, -0.05) is 0 Å². The average Bonchev–Trinajstić information content (AvgIpc) is 2.74. The molecule has 0 radical (unpaired) electrons. The van der Waals surface area contributed by atoms with Crippen LogP contribution in [0.3, 0.4) is 0 Å². The molecule has 1 saturated heterocycles. The number of carbonyl (C=O) groups is 2. The van der Waals surface area contributed by atoms with Gasteiger partial charge in [0.05, 0.1) is 0 Å². The third-order valence-corrected chi connectivity index (χ3v) is 3.04. The molecule has 2 atom stereocenters. The largest absolute Gasteiger partial charge is 0.480 e. The lowest BCUT2D eigenvalue weighted by atomic mass is 10.1. The number of aliphatic hydroxyl groups is 1. The number of carbonyl (C=O) groups excluding carboxylic acids is 1. The van der Waals surface area contributed by atoms with Crippen molar-refractivity contribution in [3.63, 3.8) is 0 Å². The minimum atomic E-state index is -1.04. The number of rotatable bonds is 5. The molecular formula is C11H20N2O4. The minimum absolute atomic E-state index is 0.123. The minimum Gasteiger partial charge on any atom is -0.480 e. The van der Waals surface area contributed by atoms with Crippen molar-refractivity contribution in [2.45, 2.75) is 44.7 Å². The number of nitrogens with zero attached hydrogens (tertiary/aromatic N) is 1. The Bertz CT molecular complexity index is 283. The topological polar surface area (TPSA) is 89.9 Å². The first-order valence-corrected chi connectivity index (χ1v) is 5.97. The molecule has 0 aromatic heterocycles. The molecule has 2 amide bonds. The van der Waals surface area contributed by atoms with E-state index in [1.807, 2.05) is 0 Å². The third kappa shape index (κ3) is 3.89. The Morgan fingerprint density at radius 2 is 2.24 bits per heavy atom. The van der Waals surface area contributed by atoms with E-state index in [2.05, 4.69) is 5.32 Å². The fraction of sp³-hybridized carbons (Fsp3) is 0.818. The maximum Gasteiger partial charge on any atom is 0.325 e. The van der Waals surface area contributed by atoms with E-state index in [0.29, 0.717) is 13.0 Å². The Morgan fingerprint density at radius 1 is 1.53 bits per heavy atom. The van der Waals surface area contributed by atoms with Crippen molar-refractivity contribution in [1.82, 2.24) is 10.2 Å². The summed E-state index contributed by atoms with van der Waals surface area (Å²) in [6.07, 6.45) is 3.30. The first kappa shape index (κ1) is 13.8. The maximum absolute atomic E-state index is 11.8. The molecule has 0 aromatic rings. The fourth-order valence-electron chi connectivity index (χ4n) is 2.06. The highest BCUT2D eigenvalue weighted by Crippen LogP contribution is 2.21. The monoisotopic (exact) mass is 244 g/mol. The molecule has 0 spiro atoms. The summed E-state index contributed by atoms with van der Waals surface area (Å²) in [7, 11) is 0. The van der Waals surface area contributed by atoms with Crippen LogP contribution in [0.2, 0.25) is 0 Å². The van der Waals surface area contributed by atoms with E-state index >= 15 is 0 Å². The second-order valence-corrected chi connectivity index (χ2v) is 4.36. The molecule has 6 nitrogen and oxygen atoms in total. The van der Waals surface area contributed by atoms with Crippen LogP contribution in [0.1, 0.15) is 32.6 Å². The molecular weight excluding hydrogens is 224 g/mol. The molecule has 0 saturated carbocycles. The van der Waals surface area contributed by atoms with Gasteiger partial charge in [-0.05, 0) is 32.6 Å². The van der Waals surface area contributed by atoms with E-state index in [-0.39, 0.29) is 18.7 Å². The molecule has 1 unspecified atom stereocenters. The zero-order valence-corrected chi connectivity index (χ0v) is 10.1. The van der Waals surface area contributed by atoms with Gasteiger partial charge in [-0.25, -0.2) is 4.79 Å². The zero-order valence-electron chi connectivity index (χ0n) is 10.1. The SMILES string of the molecule is C[C@H](NC(=O)N1CCCC1CCCO)C(=O)O. The normalized spacial score (nSPS) is 21.3. The second-order valence-electron chi connectivity index (χ2n) is 4.36. The number of aliphatic carboxylic acids is 1. The highest BCUT2D eigenvalue weighted by molar-refractivity contribution is 5.82. The molecule has 98 valence electrons. The lowest BCUT2D eigenvalue weighted by molar-refractivity contribution is -0.138. The van der Waals surface area contributed by atoms with Crippen LogP contribution in [0.5, 0.6) is 0 Å². The van der Waals surface area contributed by atoms with Crippen LogP contribution in [-0.2, 0) is 4.79 Å². The third-order valence-electron chi connectivity index (χ3n) is 3.04. The average molecular weight is 244 g/mol.